The number of hydrogen-bond donors (Lipinski definition) is 1. The first kappa shape index (κ1) is 15.2. The first-order chi connectivity index (χ1) is 8.54. The third-order valence-electron chi connectivity index (χ3n) is 2.89. The molecule has 0 bridgehead atoms. The maximum absolute atomic E-state index is 10.1. The number of aliphatic hydroxyl groups excluding tert-OH is 1. The molecule has 102 valence electrons. The van der Waals surface area contributed by atoms with E-state index in [0.29, 0.717) is 19.8 Å². The van der Waals surface area contributed by atoms with Crippen molar-refractivity contribution in [1.82, 2.24) is 0 Å². The number of rotatable bonds is 7. The number of aliphatic hydroxyl groups is 1. The van der Waals surface area contributed by atoms with Gasteiger partial charge in [-0.25, -0.2) is 0 Å². The molecule has 1 aromatic rings. The fourth-order valence-electron chi connectivity index (χ4n) is 1.80. The standard InChI is InChI=1S/C15H24O3/c1-5-17-9-13(4)18-10-15(16)14-8-11(2)6-7-12(14)3/h6-8,13,15-16H,5,9-10H2,1-4H3. The summed E-state index contributed by atoms with van der Waals surface area (Å²) in [5, 5.41) is 10.1. The van der Waals surface area contributed by atoms with Gasteiger partial charge in [-0.15, -0.1) is 0 Å². The monoisotopic (exact) mass is 252 g/mol. The summed E-state index contributed by atoms with van der Waals surface area (Å²) in [5.41, 5.74) is 3.18. The van der Waals surface area contributed by atoms with Crippen molar-refractivity contribution in [3.05, 3.63) is 34.9 Å². The van der Waals surface area contributed by atoms with Gasteiger partial charge >= 0.3 is 0 Å². The molecule has 0 saturated carbocycles. The van der Waals surface area contributed by atoms with E-state index < -0.39 is 6.10 Å². The van der Waals surface area contributed by atoms with Gasteiger partial charge in [0.25, 0.3) is 0 Å². The summed E-state index contributed by atoms with van der Waals surface area (Å²) >= 11 is 0. The molecule has 1 aromatic carbocycles. The predicted octanol–water partition coefficient (Wildman–Crippen LogP) is 2.78. The molecule has 18 heavy (non-hydrogen) atoms. The van der Waals surface area contributed by atoms with Crippen molar-refractivity contribution in [3.63, 3.8) is 0 Å². The first-order valence-corrected chi connectivity index (χ1v) is 6.49. The Morgan fingerprint density at radius 3 is 2.61 bits per heavy atom. The Balaban J connectivity index is 2.49. The third-order valence-corrected chi connectivity index (χ3v) is 2.89. The van der Waals surface area contributed by atoms with Crippen LogP contribution in [0.4, 0.5) is 0 Å². The summed E-state index contributed by atoms with van der Waals surface area (Å²) in [6, 6.07) is 6.08. The van der Waals surface area contributed by atoms with E-state index in [1.165, 1.54) is 0 Å². The molecule has 2 atom stereocenters. The molecule has 3 heteroatoms. The smallest absolute Gasteiger partial charge is 0.103 e. The summed E-state index contributed by atoms with van der Waals surface area (Å²) in [4.78, 5) is 0. The molecule has 0 aliphatic rings. The lowest BCUT2D eigenvalue weighted by Crippen LogP contribution is -2.20. The number of benzene rings is 1. The van der Waals surface area contributed by atoms with Crippen LogP contribution in [0.3, 0.4) is 0 Å². The largest absolute Gasteiger partial charge is 0.386 e. The van der Waals surface area contributed by atoms with Crippen LogP contribution in [-0.2, 0) is 9.47 Å². The van der Waals surface area contributed by atoms with Crippen LogP contribution in [0.2, 0.25) is 0 Å². The van der Waals surface area contributed by atoms with Gasteiger partial charge in [-0.1, -0.05) is 23.8 Å². The lowest BCUT2D eigenvalue weighted by Gasteiger charge is -2.18. The van der Waals surface area contributed by atoms with Crippen molar-refractivity contribution in [3.8, 4) is 0 Å². The van der Waals surface area contributed by atoms with Crippen molar-refractivity contribution < 1.29 is 14.6 Å². The fourth-order valence-corrected chi connectivity index (χ4v) is 1.80. The van der Waals surface area contributed by atoms with Crippen molar-refractivity contribution in [2.45, 2.75) is 39.9 Å². The topological polar surface area (TPSA) is 38.7 Å². The molecule has 3 nitrogen and oxygen atoms in total. The van der Waals surface area contributed by atoms with Crippen LogP contribution in [0.15, 0.2) is 18.2 Å². The highest BCUT2D eigenvalue weighted by molar-refractivity contribution is 5.32. The van der Waals surface area contributed by atoms with E-state index in [9.17, 15) is 5.11 Å². The van der Waals surface area contributed by atoms with Crippen LogP contribution >= 0.6 is 0 Å². The van der Waals surface area contributed by atoms with E-state index >= 15 is 0 Å². The van der Waals surface area contributed by atoms with Crippen LogP contribution in [0.5, 0.6) is 0 Å². The van der Waals surface area contributed by atoms with E-state index in [1.54, 1.807) is 0 Å². The first-order valence-electron chi connectivity index (χ1n) is 6.49. The average molecular weight is 252 g/mol. The lowest BCUT2D eigenvalue weighted by molar-refractivity contribution is -0.0396. The van der Waals surface area contributed by atoms with E-state index in [0.717, 1.165) is 16.7 Å². The normalized spacial score (nSPS) is 14.5. The molecule has 0 saturated heterocycles. The van der Waals surface area contributed by atoms with Crippen LogP contribution in [-0.4, -0.2) is 31.0 Å². The molecule has 0 amide bonds. The summed E-state index contributed by atoms with van der Waals surface area (Å²) in [6.07, 6.45) is -0.571. The fraction of sp³-hybridized carbons (Fsp3) is 0.600. The summed E-state index contributed by atoms with van der Waals surface area (Å²) in [5.74, 6) is 0. The van der Waals surface area contributed by atoms with E-state index in [4.69, 9.17) is 9.47 Å². The zero-order valence-electron chi connectivity index (χ0n) is 11.8. The van der Waals surface area contributed by atoms with Gasteiger partial charge in [0.2, 0.25) is 0 Å². The molecule has 0 spiro atoms. The number of aryl methyl sites for hydroxylation is 2. The molecular weight excluding hydrogens is 228 g/mol. The van der Waals surface area contributed by atoms with Crippen LogP contribution in [0.25, 0.3) is 0 Å². The molecule has 1 N–H and O–H groups in total. The summed E-state index contributed by atoms with van der Waals surface area (Å²) in [6.45, 7) is 9.49. The van der Waals surface area contributed by atoms with Crippen molar-refractivity contribution in [2.24, 2.45) is 0 Å². The molecule has 2 unspecified atom stereocenters. The second-order valence-electron chi connectivity index (χ2n) is 4.68. The molecular formula is C15H24O3. The quantitative estimate of drug-likeness (QED) is 0.811. The van der Waals surface area contributed by atoms with Gasteiger partial charge < -0.3 is 14.6 Å². The number of ether oxygens (including phenoxy) is 2. The Morgan fingerprint density at radius 1 is 1.22 bits per heavy atom. The molecule has 0 aliphatic heterocycles. The van der Waals surface area contributed by atoms with E-state index in [-0.39, 0.29) is 6.10 Å². The minimum absolute atomic E-state index is 0.00437. The van der Waals surface area contributed by atoms with Gasteiger partial charge in [0.1, 0.15) is 6.10 Å². The molecule has 0 aliphatic carbocycles. The Bertz CT molecular complexity index is 363. The van der Waals surface area contributed by atoms with Crippen molar-refractivity contribution in [2.75, 3.05) is 19.8 Å². The summed E-state index contributed by atoms with van der Waals surface area (Å²) in [7, 11) is 0. The van der Waals surface area contributed by atoms with Crippen molar-refractivity contribution in [1.29, 1.82) is 0 Å². The van der Waals surface area contributed by atoms with Gasteiger partial charge in [0.15, 0.2) is 0 Å². The SMILES string of the molecule is CCOCC(C)OCC(O)c1cc(C)ccc1C. The highest BCUT2D eigenvalue weighted by Crippen LogP contribution is 2.19. The zero-order chi connectivity index (χ0) is 13.5. The minimum Gasteiger partial charge on any atom is -0.386 e. The molecule has 0 aromatic heterocycles. The molecule has 0 heterocycles. The van der Waals surface area contributed by atoms with Crippen LogP contribution in [0, 0.1) is 13.8 Å². The molecule has 0 radical (unpaired) electrons. The van der Waals surface area contributed by atoms with Crippen LogP contribution in [0.1, 0.15) is 36.6 Å². The van der Waals surface area contributed by atoms with Crippen LogP contribution < -0.4 is 0 Å². The van der Waals surface area contributed by atoms with Crippen molar-refractivity contribution >= 4 is 0 Å². The summed E-state index contributed by atoms with van der Waals surface area (Å²) < 4.78 is 10.8. The predicted molar refractivity (Wildman–Crippen MR) is 72.8 cm³/mol. The maximum atomic E-state index is 10.1. The van der Waals surface area contributed by atoms with Gasteiger partial charge in [-0.05, 0) is 38.8 Å². The second kappa shape index (κ2) is 7.52. The van der Waals surface area contributed by atoms with Gasteiger partial charge in [-0.3, -0.25) is 0 Å². The Labute approximate surface area is 110 Å². The van der Waals surface area contributed by atoms with Gasteiger partial charge in [0.05, 0.1) is 19.3 Å². The Kier molecular flexibility index (Phi) is 6.33. The van der Waals surface area contributed by atoms with E-state index in [2.05, 4.69) is 0 Å². The van der Waals surface area contributed by atoms with Gasteiger partial charge in [0, 0.05) is 6.61 Å². The minimum atomic E-state index is -0.575. The molecule has 0 fully saturated rings. The van der Waals surface area contributed by atoms with Gasteiger partial charge in [-0.2, -0.15) is 0 Å². The Morgan fingerprint density at radius 2 is 1.94 bits per heavy atom. The van der Waals surface area contributed by atoms with E-state index in [1.807, 2.05) is 45.9 Å². The second-order valence-corrected chi connectivity index (χ2v) is 4.68. The number of hydrogen-bond acceptors (Lipinski definition) is 3. The average Bonchev–Trinajstić information content (AvgIpc) is 2.36. The zero-order valence-corrected chi connectivity index (χ0v) is 11.8. The molecule has 1 rings (SSSR count). The third kappa shape index (κ3) is 4.77. The maximum Gasteiger partial charge on any atom is 0.103 e. The highest BCUT2D eigenvalue weighted by atomic mass is 16.5. The lowest BCUT2D eigenvalue weighted by atomic mass is 10.0. The highest BCUT2D eigenvalue weighted by Gasteiger charge is 2.12. The Hall–Kier alpha value is -0.900.